The zero-order valence-corrected chi connectivity index (χ0v) is 21.5. The van der Waals surface area contributed by atoms with Gasteiger partial charge in [-0.1, -0.05) is 61.9 Å². The Balaban J connectivity index is 1.53. The van der Waals surface area contributed by atoms with Crippen LogP contribution in [0, 0.1) is 12.8 Å². The minimum Gasteiger partial charge on any atom is -0.367 e. The number of amides is 2. The monoisotopic (exact) mass is 495 g/mol. The van der Waals surface area contributed by atoms with Gasteiger partial charge in [-0.15, -0.1) is 5.10 Å². The first-order valence-electron chi connectivity index (χ1n) is 12.9. The van der Waals surface area contributed by atoms with Gasteiger partial charge in [0.1, 0.15) is 0 Å². The minimum atomic E-state index is -0.270. The van der Waals surface area contributed by atoms with Gasteiger partial charge in [-0.05, 0) is 77.9 Å². The standard InChI is InChI=1S/C29H33N7O/c1-19(2)18-36(23-7-6-8-23)27-16-13-21(24-9-4-5-10-25(24)28-32-34-35-33-28)17-26(27)31-29(37)30-22-14-11-20(3)12-15-22/h4-5,9-17,19,23H,6-8,18H2,1-3H3,(H2,30,31,37)(H,32,33,34,35). The summed E-state index contributed by atoms with van der Waals surface area (Å²) in [6.45, 7) is 7.43. The van der Waals surface area contributed by atoms with E-state index in [1.54, 1.807) is 0 Å². The topological polar surface area (TPSA) is 98.8 Å². The van der Waals surface area contributed by atoms with Crippen molar-refractivity contribution in [2.24, 2.45) is 5.92 Å². The molecule has 0 atom stereocenters. The number of aryl methyl sites for hydroxylation is 1. The van der Waals surface area contributed by atoms with E-state index in [2.05, 4.69) is 68.2 Å². The first-order chi connectivity index (χ1) is 18.0. The lowest BCUT2D eigenvalue weighted by molar-refractivity contribution is 0.262. The average Bonchev–Trinajstić information content (AvgIpc) is 3.39. The van der Waals surface area contributed by atoms with E-state index in [9.17, 15) is 4.79 Å². The zero-order chi connectivity index (χ0) is 25.8. The number of aromatic amines is 1. The Labute approximate surface area is 217 Å². The van der Waals surface area contributed by atoms with Gasteiger partial charge in [0.15, 0.2) is 5.82 Å². The van der Waals surface area contributed by atoms with E-state index in [4.69, 9.17) is 0 Å². The van der Waals surface area contributed by atoms with Crippen molar-refractivity contribution >= 4 is 23.1 Å². The number of carbonyl (C=O) groups is 1. The number of hydrogen-bond donors (Lipinski definition) is 3. The summed E-state index contributed by atoms with van der Waals surface area (Å²) < 4.78 is 0. The van der Waals surface area contributed by atoms with Gasteiger partial charge in [0.2, 0.25) is 0 Å². The molecule has 0 radical (unpaired) electrons. The molecule has 0 spiro atoms. The smallest absolute Gasteiger partial charge is 0.323 e. The first-order valence-corrected chi connectivity index (χ1v) is 12.9. The molecule has 1 aliphatic carbocycles. The summed E-state index contributed by atoms with van der Waals surface area (Å²) in [7, 11) is 0. The molecule has 0 unspecified atom stereocenters. The van der Waals surface area contributed by atoms with Gasteiger partial charge < -0.3 is 15.5 Å². The van der Waals surface area contributed by atoms with Crippen molar-refractivity contribution < 1.29 is 4.79 Å². The Kier molecular flexibility index (Phi) is 7.16. The van der Waals surface area contributed by atoms with Crippen LogP contribution in [-0.4, -0.2) is 39.2 Å². The second kappa shape index (κ2) is 10.8. The maximum absolute atomic E-state index is 13.1. The molecule has 1 saturated carbocycles. The van der Waals surface area contributed by atoms with Crippen LogP contribution in [0.1, 0.15) is 38.7 Å². The van der Waals surface area contributed by atoms with Crippen LogP contribution in [0.2, 0.25) is 0 Å². The Morgan fingerprint density at radius 2 is 1.78 bits per heavy atom. The van der Waals surface area contributed by atoms with E-state index in [1.807, 2.05) is 55.5 Å². The highest BCUT2D eigenvalue weighted by Crippen LogP contribution is 2.39. The third kappa shape index (κ3) is 5.63. The molecule has 8 heteroatoms. The van der Waals surface area contributed by atoms with Gasteiger partial charge in [0.05, 0.1) is 11.4 Å². The molecule has 3 N–H and O–H groups in total. The second-order valence-electron chi connectivity index (χ2n) is 10.1. The van der Waals surface area contributed by atoms with E-state index < -0.39 is 0 Å². The highest BCUT2D eigenvalue weighted by atomic mass is 16.2. The van der Waals surface area contributed by atoms with Crippen molar-refractivity contribution in [1.29, 1.82) is 0 Å². The van der Waals surface area contributed by atoms with Gasteiger partial charge in [0, 0.05) is 23.8 Å². The van der Waals surface area contributed by atoms with Crippen LogP contribution < -0.4 is 15.5 Å². The maximum atomic E-state index is 13.1. The van der Waals surface area contributed by atoms with Crippen LogP contribution in [0.3, 0.4) is 0 Å². The number of carbonyl (C=O) groups excluding carboxylic acids is 1. The van der Waals surface area contributed by atoms with Gasteiger partial charge in [-0.25, -0.2) is 9.89 Å². The number of anilines is 3. The quantitative estimate of drug-likeness (QED) is 0.259. The van der Waals surface area contributed by atoms with Gasteiger partial charge in [-0.2, -0.15) is 0 Å². The molecular weight excluding hydrogens is 462 g/mol. The average molecular weight is 496 g/mol. The van der Waals surface area contributed by atoms with Crippen LogP contribution >= 0.6 is 0 Å². The molecule has 0 aliphatic heterocycles. The molecule has 1 aromatic heterocycles. The Morgan fingerprint density at radius 1 is 1.03 bits per heavy atom. The number of nitrogens with zero attached hydrogens (tertiary/aromatic N) is 4. The third-order valence-electron chi connectivity index (χ3n) is 6.78. The fourth-order valence-corrected chi connectivity index (χ4v) is 4.73. The highest BCUT2D eigenvalue weighted by molar-refractivity contribution is 6.02. The van der Waals surface area contributed by atoms with Crippen LogP contribution in [0.25, 0.3) is 22.5 Å². The molecule has 3 aromatic carbocycles. The predicted octanol–water partition coefficient (Wildman–Crippen LogP) is 6.50. The van der Waals surface area contributed by atoms with E-state index in [1.165, 1.54) is 19.3 Å². The molecular formula is C29H33N7O. The number of urea groups is 1. The number of rotatable bonds is 8. The molecule has 0 saturated heterocycles. The summed E-state index contributed by atoms with van der Waals surface area (Å²) in [6.07, 6.45) is 3.59. The van der Waals surface area contributed by atoms with Crippen LogP contribution in [0.15, 0.2) is 66.7 Å². The molecule has 5 rings (SSSR count). The lowest BCUT2D eigenvalue weighted by Gasteiger charge is -2.41. The summed E-state index contributed by atoms with van der Waals surface area (Å²) in [5, 5.41) is 20.6. The number of H-pyrrole nitrogens is 1. The summed E-state index contributed by atoms with van der Waals surface area (Å²) in [4.78, 5) is 15.6. The van der Waals surface area contributed by atoms with Gasteiger partial charge >= 0.3 is 6.03 Å². The number of tetrazole rings is 1. The SMILES string of the molecule is Cc1ccc(NC(=O)Nc2cc(-c3ccccc3-c3nnn[nH]3)ccc2N(CC(C)C)C2CCC2)cc1. The highest BCUT2D eigenvalue weighted by Gasteiger charge is 2.28. The molecule has 1 fully saturated rings. The van der Waals surface area contributed by atoms with Crippen molar-refractivity contribution in [2.75, 3.05) is 22.1 Å². The number of benzene rings is 3. The van der Waals surface area contributed by atoms with Crippen molar-refractivity contribution in [1.82, 2.24) is 20.6 Å². The second-order valence-corrected chi connectivity index (χ2v) is 10.1. The molecule has 1 heterocycles. The maximum Gasteiger partial charge on any atom is 0.323 e. The van der Waals surface area contributed by atoms with Crippen LogP contribution in [0.4, 0.5) is 21.9 Å². The van der Waals surface area contributed by atoms with E-state index >= 15 is 0 Å². The van der Waals surface area contributed by atoms with Crippen LogP contribution in [-0.2, 0) is 0 Å². The molecule has 4 aromatic rings. The van der Waals surface area contributed by atoms with E-state index in [0.717, 1.165) is 45.9 Å². The predicted molar refractivity (Wildman–Crippen MR) is 149 cm³/mol. The summed E-state index contributed by atoms with van der Waals surface area (Å²) in [5.41, 5.74) is 6.56. The fourth-order valence-electron chi connectivity index (χ4n) is 4.73. The lowest BCUT2D eigenvalue weighted by Crippen LogP contribution is -2.42. The van der Waals surface area contributed by atoms with Gasteiger partial charge in [-0.3, -0.25) is 0 Å². The van der Waals surface area contributed by atoms with Crippen LogP contribution in [0.5, 0.6) is 0 Å². The van der Waals surface area contributed by atoms with Crippen molar-refractivity contribution in [3.63, 3.8) is 0 Å². The largest absolute Gasteiger partial charge is 0.367 e. The molecule has 8 nitrogen and oxygen atoms in total. The Morgan fingerprint density at radius 3 is 2.43 bits per heavy atom. The van der Waals surface area contributed by atoms with Crippen molar-refractivity contribution in [3.8, 4) is 22.5 Å². The fraction of sp³-hybridized carbons (Fsp3) is 0.310. The van der Waals surface area contributed by atoms with Crippen molar-refractivity contribution in [2.45, 2.75) is 46.1 Å². The summed E-state index contributed by atoms with van der Waals surface area (Å²) in [5.74, 6) is 1.09. The number of hydrogen-bond acceptors (Lipinski definition) is 5. The molecule has 2 amide bonds. The number of nitrogens with one attached hydrogen (secondary N) is 3. The summed E-state index contributed by atoms with van der Waals surface area (Å²) >= 11 is 0. The molecule has 190 valence electrons. The lowest BCUT2D eigenvalue weighted by atomic mass is 9.89. The molecule has 37 heavy (non-hydrogen) atoms. The Bertz CT molecular complexity index is 1350. The van der Waals surface area contributed by atoms with Gasteiger partial charge in [0.25, 0.3) is 0 Å². The molecule has 0 bridgehead atoms. The zero-order valence-electron chi connectivity index (χ0n) is 21.5. The molecule has 1 aliphatic rings. The Hall–Kier alpha value is -4.20. The van der Waals surface area contributed by atoms with Crippen molar-refractivity contribution in [3.05, 3.63) is 72.3 Å². The van der Waals surface area contributed by atoms with E-state index in [-0.39, 0.29) is 6.03 Å². The number of aromatic nitrogens is 4. The normalized spacial score (nSPS) is 13.3. The third-order valence-corrected chi connectivity index (χ3v) is 6.78. The first kappa shape index (κ1) is 24.5. The minimum absolute atomic E-state index is 0.270. The van der Waals surface area contributed by atoms with E-state index in [0.29, 0.717) is 17.8 Å². The summed E-state index contributed by atoms with van der Waals surface area (Å²) in [6, 6.07) is 22.3.